The van der Waals surface area contributed by atoms with Crippen LogP contribution in [-0.2, 0) is 12.4 Å². The monoisotopic (exact) mass is 503 g/mol. The fourth-order valence-electron chi connectivity index (χ4n) is 2.89. The molecule has 0 bridgehead atoms. The molecule has 0 aliphatic rings. The first-order valence-electron chi connectivity index (χ1n) is 9.47. The van der Waals surface area contributed by atoms with E-state index >= 15 is 0 Å². The van der Waals surface area contributed by atoms with Crippen molar-refractivity contribution >= 4 is 29.0 Å². The van der Waals surface area contributed by atoms with Gasteiger partial charge in [0, 0.05) is 5.69 Å². The Morgan fingerprint density at radius 2 is 1.31 bits per heavy atom. The number of benzene rings is 3. The maximum Gasteiger partial charge on any atom is 0.418 e. The molecule has 3 aromatic carbocycles. The highest BCUT2D eigenvalue weighted by atomic mass is 19.4. The number of urea groups is 1. The predicted molar refractivity (Wildman–Crippen MR) is 110 cm³/mol. The summed E-state index contributed by atoms with van der Waals surface area (Å²) in [4.78, 5) is 24.4. The fraction of sp³-hybridized carbons (Fsp3) is 0.0909. The number of carbonyl (C=O) groups excluding carboxylic acids is 2. The SMILES string of the molecule is O=C(Nc1ccc(F)c(NC(=O)c2cc(C(F)(F)F)ccc2F)c1)Nc1ccccc1C(F)(F)F. The summed E-state index contributed by atoms with van der Waals surface area (Å²) in [7, 11) is 0. The summed E-state index contributed by atoms with van der Waals surface area (Å²) < 4.78 is 106. The molecule has 5 nitrogen and oxygen atoms in total. The number of amides is 3. The van der Waals surface area contributed by atoms with Crippen molar-refractivity contribution in [2.75, 3.05) is 16.0 Å². The minimum absolute atomic E-state index is 0.201. The van der Waals surface area contributed by atoms with Gasteiger partial charge in [0.2, 0.25) is 0 Å². The van der Waals surface area contributed by atoms with E-state index in [0.29, 0.717) is 12.1 Å². The average Bonchev–Trinajstić information content (AvgIpc) is 2.75. The second kappa shape index (κ2) is 9.60. The molecule has 0 saturated heterocycles. The molecule has 0 atom stereocenters. The third-order valence-electron chi connectivity index (χ3n) is 4.49. The van der Waals surface area contributed by atoms with Crippen LogP contribution in [-0.4, -0.2) is 11.9 Å². The van der Waals surface area contributed by atoms with Gasteiger partial charge in [0.15, 0.2) is 0 Å². The van der Waals surface area contributed by atoms with Crippen molar-refractivity contribution in [2.45, 2.75) is 12.4 Å². The molecule has 3 amide bonds. The summed E-state index contributed by atoms with van der Waals surface area (Å²) in [5.74, 6) is -3.79. The molecule has 13 heteroatoms. The van der Waals surface area contributed by atoms with E-state index in [0.717, 1.165) is 36.4 Å². The van der Waals surface area contributed by atoms with Crippen LogP contribution in [0.4, 0.5) is 57.0 Å². The molecule has 0 fully saturated rings. The van der Waals surface area contributed by atoms with E-state index in [1.54, 1.807) is 0 Å². The van der Waals surface area contributed by atoms with Gasteiger partial charge >= 0.3 is 18.4 Å². The van der Waals surface area contributed by atoms with Crippen LogP contribution in [0.25, 0.3) is 0 Å². The Hall–Kier alpha value is -4.16. The molecule has 35 heavy (non-hydrogen) atoms. The number of anilines is 3. The number of nitrogens with one attached hydrogen (secondary N) is 3. The van der Waals surface area contributed by atoms with Gasteiger partial charge in [-0.15, -0.1) is 0 Å². The topological polar surface area (TPSA) is 70.2 Å². The summed E-state index contributed by atoms with van der Waals surface area (Å²) in [6, 6.07) is 6.68. The van der Waals surface area contributed by atoms with E-state index in [9.17, 15) is 44.7 Å². The molecule has 0 spiro atoms. The quantitative estimate of drug-likeness (QED) is 0.339. The average molecular weight is 503 g/mol. The van der Waals surface area contributed by atoms with Crippen LogP contribution in [0.5, 0.6) is 0 Å². The van der Waals surface area contributed by atoms with E-state index in [4.69, 9.17) is 0 Å². The summed E-state index contributed by atoms with van der Waals surface area (Å²) in [6.45, 7) is 0. The van der Waals surface area contributed by atoms with Crippen molar-refractivity contribution in [3.63, 3.8) is 0 Å². The van der Waals surface area contributed by atoms with E-state index in [1.165, 1.54) is 6.07 Å². The highest BCUT2D eigenvalue weighted by Gasteiger charge is 2.34. The molecule has 0 heterocycles. The smallest absolute Gasteiger partial charge is 0.319 e. The van der Waals surface area contributed by atoms with Gasteiger partial charge in [-0.05, 0) is 48.5 Å². The Morgan fingerprint density at radius 1 is 0.657 bits per heavy atom. The summed E-state index contributed by atoms with van der Waals surface area (Å²) >= 11 is 0. The van der Waals surface area contributed by atoms with Crippen LogP contribution in [0.15, 0.2) is 60.7 Å². The van der Waals surface area contributed by atoms with Crippen molar-refractivity contribution < 1.29 is 44.7 Å². The Bertz CT molecular complexity index is 1270. The Morgan fingerprint density at radius 3 is 1.97 bits per heavy atom. The lowest BCUT2D eigenvalue weighted by molar-refractivity contribution is -0.138. The molecule has 0 aromatic heterocycles. The second-order valence-electron chi connectivity index (χ2n) is 6.96. The van der Waals surface area contributed by atoms with Crippen LogP contribution in [0, 0.1) is 11.6 Å². The third kappa shape index (κ3) is 6.25. The first kappa shape index (κ1) is 25.5. The van der Waals surface area contributed by atoms with Crippen LogP contribution >= 0.6 is 0 Å². The number of hydrogen-bond donors (Lipinski definition) is 3. The predicted octanol–water partition coefficient (Wildman–Crippen LogP) is 6.90. The number of rotatable bonds is 4. The van der Waals surface area contributed by atoms with Crippen molar-refractivity contribution in [3.8, 4) is 0 Å². The van der Waals surface area contributed by atoms with E-state index in [1.807, 2.05) is 10.6 Å². The molecule has 0 unspecified atom stereocenters. The molecule has 0 radical (unpaired) electrons. The van der Waals surface area contributed by atoms with Crippen LogP contribution in [0.3, 0.4) is 0 Å². The van der Waals surface area contributed by atoms with Crippen molar-refractivity contribution in [1.82, 2.24) is 0 Å². The van der Waals surface area contributed by atoms with Gasteiger partial charge in [-0.25, -0.2) is 13.6 Å². The molecular weight excluding hydrogens is 490 g/mol. The van der Waals surface area contributed by atoms with Crippen molar-refractivity contribution in [2.24, 2.45) is 0 Å². The second-order valence-corrected chi connectivity index (χ2v) is 6.96. The molecule has 3 aromatic rings. The number of halogens is 8. The fourth-order valence-corrected chi connectivity index (χ4v) is 2.89. The zero-order valence-corrected chi connectivity index (χ0v) is 17.1. The first-order chi connectivity index (χ1) is 16.3. The molecule has 0 saturated carbocycles. The normalized spacial score (nSPS) is 11.7. The van der Waals surface area contributed by atoms with Gasteiger partial charge in [-0.3, -0.25) is 4.79 Å². The Labute approximate surface area is 191 Å². The lowest BCUT2D eigenvalue weighted by Crippen LogP contribution is -2.22. The van der Waals surface area contributed by atoms with Gasteiger partial charge in [0.05, 0.1) is 28.1 Å². The summed E-state index contributed by atoms with van der Waals surface area (Å²) in [5, 5.41) is 6.02. The maximum atomic E-state index is 14.1. The number of alkyl halides is 6. The number of carbonyl (C=O) groups is 2. The van der Waals surface area contributed by atoms with E-state index in [-0.39, 0.29) is 11.8 Å². The lowest BCUT2D eigenvalue weighted by Gasteiger charge is -2.15. The van der Waals surface area contributed by atoms with E-state index in [2.05, 4.69) is 5.32 Å². The van der Waals surface area contributed by atoms with Crippen LogP contribution < -0.4 is 16.0 Å². The number of hydrogen-bond acceptors (Lipinski definition) is 2. The summed E-state index contributed by atoms with van der Waals surface area (Å²) in [5.41, 5.74) is -4.85. The highest BCUT2D eigenvalue weighted by molar-refractivity contribution is 6.05. The lowest BCUT2D eigenvalue weighted by atomic mass is 10.1. The minimum atomic E-state index is -4.87. The van der Waals surface area contributed by atoms with Gasteiger partial charge in [0.1, 0.15) is 11.6 Å². The molecule has 184 valence electrons. The van der Waals surface area contributed by atoms with Crippen LogP contribution in [0.2, 0.25) is 0 Å². The number of para-hydroxylation sites is 1. The zero-order valence-electron chi connectivity index (χ0n) is 17.1. The van der Waals surface area contributed by atoms with Crippen LogP contribution in [0.1, 0.15) is 21.5 Å². The largest absolute Gasteiger partial charge is 0.418 e. The van der Waals surface area contributed by atoms with Gasteiger partial charge < -0.3 is 16.0 Å². The highest BCUT2D eigenvalue weighted by Crippen LogP contribution is 2.35. The maximum absolute atomic E-state index is 14.1. The summed E-state index contributed by atoms with van der Waals surface area (Å²) in [6.07, 6.45) is -9.62. The third-order valence-corrected chi connectivity index (χ3v) is 4.49. The first-order valence-corrected chi connectivity index (χ1v) is 9.47. The molecule has 3 rings (SSSR count). The molecular formula is C22H13F8N3O2. The van der Waals surface area contributed by atoms with Gasteiger partial charge in [-0.2, -0.15) is 26.3 Å². The van der Waals surface area contributed by atoms with Crippen molar-refractivity contribution in [3.05, 3.63) is 89.0 Å². The van der Waals surface area contributed by atoms with E-state index < -0.39 is 64.0 Å². The van der Waals surface area contributed by atoms with Gasteiger partial charge in [-0.1, -0.05) is 12.1 Å². The zero-order chi connectivity index (χ0) is 26.0. The minimum Gasteiger partial charge on any atom is -0.319 e. The molecule has 3 N–H and O–H groups in total. The van der Waals surface area contributed by atoms with Gasteiger partial charge in [0.25, 0.3) is 5.91 Å². The molecule has 0 aliphatic heterocycles. The molecule has 0 aliphatic carbocycles. The van der Waals surface area contributed by atoms with Crippen molar-refractivity contribution in [1.29, 1.82) is 0 Å². The standard InChI is InChI=1S/C22H13F8N3O2/c23-15-7-5-11(21(25,26)27)9-13(15)19(34)32-18-10-12(6-8-16(18)24)31-20(35)33-17-4-2-1-3-14(17)22(28,29)30/h1-10H,(H,32,34)(H2,31,33,35). The Kier molecular flexibility index (Phi) is 6.99. The Balaban J connectivity index is 1.78.